The zero-order valence-electron chi connectivity index (χ0n) is 18.2. The molecule has 6 nitrogen and oxygen atoms in total. The maximum atomic E-state index is 12.8. The van der Waals surface area contributed by atoms with Crippen LogP contribution in [-0.4, -0.2) is 42.1 Å². The molecule has 174 valence electrons. The predicted molar refractivity (Wildman–Crippen MR) is 126 cm³/mol. The van der Waals surface area contributed by atoms with Crippen LogP contribution in [0.5, 0.6) is 0 Å². The van der Waals surface area contributed by atoms with Crippen molar-refractivity contribution in [2.75, 3.05) is 6.61 Å². The molecule has 0 radical (unpaired) electrons. The Morgan fingerprint density at radius 1 is 0.647 bits per heavy atom. The Balaban J connectivity index is 1.51. The van der Waals surface area contributed by atoms with Crippen LogP contribution in [0.2, 0.25) is 0 Å². The monoisotopic (exact) mass is 478 g/mol. The predicted octanol–water partition coefficient (Wildman–Crippen LogP) is 4.92. The van der Waals surface area contributed by atoms with E-state index in [0.29, 0.717) is 23.1 Å². The molecule has 1 fully saturated rings. The van der Waals surface area contributed by atoms with Gasteiger partial charge in [0.25, 0.3) is 0 Å². The van der Waals surface area contributed by atoms with Crippen LogP contribution in [0, 0.1) is 5.92 Å². The summed E-state index contributed by atoms with van der Waals surface area (Å²) in [6.45, 7) is -0.0386. The standard InChI is InChI=1S/C27H23ClO6/c28-22-16-21(17-32-25(29)18-10-4-1-5-11-18)23(33-26(30)19-12-6-2-7-13-19)24(22)34-27(31)20-14-8-3-9-15-20/h1-15,21-24H,16-17H2/t21-,22+,23+,24?/m1/s1. The van der Waals surface area contributed by atoms with Crippen molar-refractivity contribution in [1.82, 2.24) is 0 Å². The van der Waals surface area contributed by atoms with E-state index in [2.05, 4.69) is 0 Å². The Morgan fingerprint density at radius 3 is 1.53 bits per heavy atom. The van der Waals surface area contributed by atoms with Gasteiger partial charge >= 0.3 is 17.9 Å². The summed E-state index contributed by atoms with van der Waals surface area (Å²) >= 11 is 6.55. The van der Waals surface area contributed by atoms with E-state index >= 15 is 0 Å². The molecule has 0 spiro atoms. The third-order valence-corrected chi connectivity index (χ3v) is 6.04. The number of carbonyl (C=O) groups excluding carboxylic acids is 3. The summed E-state index contributed by atoms with van der Waals surface area (Å²) in [5.74, 6) is -2.09. The number of benzene rings is 3. The third kappa shape index (κ3) is 5.64. The molecule has 0 aromatic heterocycles. The van der Waals surface area contributed by atoms with Crippen molar-refractivity contribution >= 4 is 29.5 Å². The molecule has 7 heteroatoms. The first kappa shape index (κ1) is 23.5. The highest BCUT2D eigenvalue weighted by Gasteiger charge is 2.48. The molecule has 4 rings (SSSR count). The first-order chi connectivity index (χ1) is 16.5. The van der Waals surface area contributed by atoms with Gasteiger partial charge in [0.1, 0.15) is 6.10 Å². The minimum absolute atomic E-state index is 0.0386. The van der Waals surface area contributed by atoms with Crippen LogP contribution in [0.1, 0.15) is 37.5 Å². The minimum atomic E-state index is -0.900. The van der Waals surface area contributed by atoms with Gasteiger partial charge < -0.3 is 14.2 Å². The summed E-state index contributed by atoms with van der Waals surface area (Å²) in [6.07, 6.45) is -1.45. The SMILES string of the molecule is O=C(OC[C@H]1C[C@H](Cl)C(OC(=O)c2ccccc2)[C@H]1OC(=O)c1ccccc1)c1ccccc1. The van der Waals surface area contributed by atoms with Crippen molar-refractivity contribution in [2.24, 2.45) is 5.92 Å². The van der Waals surface area contributed by atoms with Crippen LogP contribution in [0.15, 0.2) is 91.0 Å². The van der Waals surface area contributed by atoms with Gasteiger partial charge in [0.15, 0.2) is 6.10 Å². The van der Waals surface area contributed by atoms with Crippen LogP contribution in [0.3, 0.4) is 0 Å². The van der Waals surface area contributed by atoms with Crippen molar-refractivity contribution in [3.05, 3.63) is 108 Å². The van der Waals surface area contributed by atoms with E-state index in [9.17, 15) is 14.4 Å². The van der Waals surface area contributed by atoms with Gasteiger partial charge in [-0.2, -0.15) is 0 Å². The number of rotatable bonds is 7. The van der Waals surface area contributed by atoms with Crippen molar-refractivity contribution in [3.8, 4) is 0 Å². The maximum Gasteiger partial charge on any atom is 0.338 e. The lowest BCUT2D eigenvalue weighted by atomic mass is 10.1. The Kier molecular flexibility index (Phi) is 7.60. The van der Waals surface area contributed by atoms with Crippen LogP contribution >= 0.6 is 11.6 Å². The van der Waals surface area contributed by atoms with E-state index in [1.165, 1.54) is 0 Å². The van der Waals surface area contributed by atoms with E-state index in [-0.39, 0.29) is 6.61 Å². The molecule has 3 aromatic rings. The number of alkyl halides is 1. The number of ether oxygens (including phenoxy) is 3. The molecule has 1 aliphatic carbocycles. The fraction of sp³-hybridized carbons (Fsp3) is 0.222. The van der Waals surface area contributed by atoms with E-state index < -0.39 is 41.4 Å². The summed E-state index contributed by atoms with van der Waals surface area (Å²) in [7, 11) is 0. The number of carbonyl (C=O) groups is 3. The Labute approximate surface area is 202 Å². The number of hydrogen-bond donors (Lipinski definition) is 0. The summed E-state index contributed by atoms with van der Waals surface area (Å²) in [4.78, 5) is 37.9. The van der Waals surface area contributed by atoms with Crippen LogP contribution in [0.4, 0.5) is 0 Å². The van der Waals surface area contributed by atoms with Crippen molar-refractivity contribution in [1.29, 1.82) is 0 Å². The summed E-state index contributed by atoms with van der Waals surface area (Å²) in [5, 5.41) is -0.623. The quantitative estimate of drug-likeness (QED) is 0.272. The molecule has 0 amide bonds. The molecule has 4 atom stereocenters. The smallest absolute Gasteiger partial charge is 0.338 e. The first-order valence-electron chi connectivity index (χ1n) is 10.9. The summed E-state index contributed by atoms with van der Waals surface area (Å²) in [5.41, 5.74) is 1.12. The zero-order valence-corrected chi connectivity index (χ0v) is 19.0. The van der Waals surface area contributed by atoms with Crippen molar-refractivity contribution in [3.63, 3.8) is 0 Å². The summed E-state index contributed by atoms with van der Waals surface area (Å²) < 4.78 is 17.0. The van der Waals surface area contributed by atoms with E-state index in [1.807, 2.05) is 0 Å². The lowest BCUT2D eigenvalue weighted by Gasteiger charge is -2.25. The van der Waals surface area contributed by atoms with Gasteiger partial charge in [0.2, 0.25) is 0 Å². The fourth-order valence-corrected chi connectivity index (χ4v) is 4.29. The Hall–Kier alpha value is -3.64. The average molecular weight is 479 g/mol. The molecule has 34 heavy (non-hydrogen) atoms. The second-order valence-corrected chi connectivity index (χ2v) is 8.51. The molecular weight excluding hydrogens is 456 g/mol. The molecule has 1 aliphatic rings. The number of halogens is 1. The van der Waals surface area contributed by atoms with Gasteiger partial charge in [-0.3, -0.25) is 0 Å². The zero-order chi connectivity index (χ0) is 23.9. The second-order valence-electron chi connectivity index (χ2n) is 7.95. The van der Waals surface area contributed by atoms with Gasteiger partial charge in [0.05, 0.1) is 28.7 Å². The number of hydrogen-bond acceptors (Lipinski definition) is 6. The van der Waals surface area contributed by atoms with Crippen LogP contribution < -0.4 is 0 Å². The molecule has 1 saturated carbocycles. The fourth-order valence-electron chi connectivity index (χ4n) is 3.87. The Bertz CT molecular complexity index is 1120. The molecule has 0 heterocycles. The first-order valence-corrected chi connectivity index (χ1v) is 11.3. The third-order valence-electron chi connectivity index (χ3n) is 5.62. The topological polar surface area (TPSA) is 78.9 Å². The normalized spacial score (nSPS) is 21.4. The highest BCUT2D eigenvalue weighted by molar-refractivity contribution is 6.21. The minimum Gasteiger partial charge on any atom is -0.462 e. The van der Waals surface area contributed by atoms with E-state index in [4.69, 9.17) is 25.8 Å². The van der Waals surface area contributed by atoms with Gasteiger partial charge in [-0.1, -0.05) is 54.6 Å². The van der Waals surface area contributed by atoms with Crippen LogP contribution in [-0.2, 0) is 14.2 Å². The molecule has 0 bridgehead atoms. The van der Waals surface area contributed by atoms with Gasteiger partial charge in [-0.05, 0) is 42.8 Å². The number of esters is 3. The molecule has 1 unspecified atom stereocenters. The second kappa shape index (κ2) is 11.0. The lowest BCUT2D eigenvalue weighted by molar-refractivity contribution is -0.0426. The highest BCUT2D eigenvalue weighted by Crippen LogP contribution is 2.36. The maximum absolute atomic E-state index is 12.8. The van der Waals surface area contributed by atoms with Crippen molar-refractivity contribution in [2.45, 2.75) is 24.0 Å². The lowest BCUT2D eigenvalue weighted by Crippen LogP contribution is -2.39. The van der Waals surface area contributed by atoms with Gasteiger partial charge in [-0.25, -0.2) is 14.4 Å². The highest BCUT2D eigenvalue weighted by atomic mass is 35.5. The van der Waals surface area contributed by atoms with Gasteiger partial charge in [-0.15, -0.1) is 11.6 Å². The van der Waals surface area contributed by atoms with E-state index in [0.717, 1.165) is 0 Å². The largest absolute Gasteiger partial charge is 0.462 e. The van der Waals surface area contributed by atoms with Gasteiger partial charge in [0, 0.05) is 5.92 Å². The molecule has 0 saturated heterocycles. The molecule has 0 N–H and O–H groups in total. The molecular formula is C27H23ClO6. The van der Waals surface area contributed by atoms with Crippen LogP contribution in [0.25, 0.3) is 0 Å². The van der Waals surface area contributed by atoms with E-state index in [1.54, 1.807) is 91.0 Å². The van der Waals surface area contributed by atoms with Crippen molar-refractivity contribution < 1.29 is 28.6 Å². The molecule has 3 aromatic carbocycles. The average Bonchev–Trinajstić information content (AvgIpc) is 3.17. The summed E-state index contributed by atoms with van der Waals surface area (Å²) in [6, 6.07) is 25.6. The Morgan fingerprint density at radius 2 is 1.06 bits per heavy atom. The molecule has 0 aliphatic heterocycles.